The molecule has 0 radical (unpaired) electrons. The molecule has 1 N–H and O–H groups in total. The van der Waals surface area contributed by atoms with Crippen molar-refractivity contribution >= 4 is 17.5 Å². The van der Waals surface area contributed by atoms with Gasteiger partial charge in [-0.25, -0.2) is 0 Å². The Morgan fingerprint density at radius 1 is 1.13 bits per heavy atom. The molecule has 1 aromatic heterocycles. The van der Waals surface area contributed by atoms with Gasteiger partial charge in [-0.3, -0.25) is 9.59 Å². The number of para-hydroxylation sites is 1. The van der Waals surface area contributed by atoms with Gasteiger partial charge >= 0.3 is 0 Å². The first-order valence-corrected chi connectivity index (χ1v) is 7.61. The number of carbonyl (C=O) groups excluding carboxylic acids is 2. The lowest BCUT2D eigenvalue weighted by Crippen LogP contribution is -2.31. The standard InChI is InChI=1S/C18H22N2O3/c1-13-6-4-7-14(2)18(13)19-17(22)9-10-20(15(3)21)12-16-8-5-11-23-16/h4-8,11H,9-10,12H2,1-3H3,(H,19,22). The highest BCUT2D eigenvalue weighted by molar-refractivity contribution is 5.92. The smallest absolute Gasteiger partial charge is 0.226 e. The minimum atomic E-state index is -0.104. The van der Waals surface area contributed by atoms with Crippen molar-refractivity contribution in [3.05, 3.63) is 53.5 Å². The van der Waals surface area contributed by atoms with Gasteiger partial charge in [0.1, 0.15) is 5.76 Å². The molecular weight excluding hydrogens is 292 g/mol. The SMILES string of the molecule is CC(=O)N(CCC(=O)Nc1c(C)cccc1C)Cc1ccco1. The van der Waals surface area contributed by atoms with Gasteiger partial charge in [0.25, 0.3) is 0 Å². The van der Waals surface area contributed by atoms with Crippen molar-refractivity contribution in [2.75, 3.05) is 11.9 Å². The maximum absolute atomic E-state index is 12.2. The number of furan rings is 1. The van der Waals surface area contributed by atoms with Gasteiger partial charge in [0.15, 0.2) is 0 Å². The Kier molecular flexibility index (Phi) is 5.57. The summed E-state index contributed by atoms with van der Waals surface area (Å²) in [4.78, 5) is 25.5. The van der Waals surface area contributed by atoms with Gasteiger partial charge in [-0.2, -0.15) is 0 Å². The zero-order valence-electron chi connectivity index (χ0n) is 13.8. The van der Waals surface area contributed by atoms with Crippen molar-refractivity contribution in [2.24, 2.45) is 0 Å². The highest BCUT2D eigenvalue weighted by Gasteiger charge is 2.14. The van der Waals surface area contributed by atoms with Crippen molar-refractivity contribution < 1.29 is 14.0 Å². The summed E-state index contributed by atoms with van der Waals surface area (Å²) in [5, 5.41) is 2.93. The summed E-state index contributed by atoms with van der Waals surface area (Å²) in [5.74, 6) is 0.518. The van der Waals surface area contributed by atoms with Crippen LogP contribution in [0.25, 0.3) is 0 Å². The van der Waals surface area contributed by atoms with Crippen LogP contribution in [0, 0.1) is 13.8 Å². The first-order valence-electron chi connectivity index (χ1n) is 7.61. The van der Waals surface area contributed by atoms with Crippen LogP contribution in [0.1, 0.15) is 30.2 Å². The molecule has 2 aromatic rings. The molecule has 0 fully saturated rings. The van der Waals surface area contributed by atoms with Crippen LogP contribution in [0.15, 0.2) is 41.0 Å². The van der Waals surface area contributed by atoms with Gasteiger partial charge in [0.2, 0.25) is 11.8 Å². The van der Waals surface area contributed by atoms with E-state index in [2.05, 4.69) is 5.32 Å². The number of hydrogen-bond acceptors (Lipinski definition) is 3. The monoisotopic (exact) mass is 314 g/mol. The van der Waals surface area contributed by atoms with Crippen molar-refractivity contribution in [1.82, 2.24) is 4.90 Å². The fourth-order valence-electron chi connectivity index (χ4n) is 2.39. The molecule has 0 aliphatic rings. The lowest BCUT2D eigenvalue weighted by Gasteiger charge is -2.20. The quantitative estimate of drug-likeness (QED) is 0.890. The summed E-state index contributed by atoms with van der Waals surface area (Å²) < 4.78 is 5.25. The minimum Gasteiger partial charge on any atom is -0.467 e. The van der Waals surface area contributed by atoms with Crippen LogP contribution in [0.4, 0.5) is 5.69 Å². The second-order valence-corrected chi connectivity index (χ2v) is 5.58. The van der Waals surface area contributed by atoms with E-state index in [1.165, 1.54) is 6.92 Å². The summed E-state index contributed by atoms with van der Waals surface area (Å²) in [6.07, 6.45) is 1.81. The van der Waals surface area contributed by atoms with E-state index in [9.17, 15) is 9.59 Å². The van der Waals surface area contributed by atoms with Gasteiger partial charge in [-0.05, 0) is 37.1 Å². The second-order valence-electron chi connectivity index (χ2n) is 5.58. The summed E-state index contributed by atoms with van der Waals surface area (Å²) >= 11 is 0. The van der Waals surface area contributed by atoms with E-state index >= 15 is 0 Å². The molecule has 5 heteroatoms. The number of aryl methyl sites for hydroxylation is 2. The third-order valence-corrected chi connectivity index (χ3v) is 3.73. The third kappa shape index (κ3) is 4.71. The molecule has 1 heterocycles. The number of nitrogens with one attached hydrogen (secondary N) is 1. The Hall–Kier alpha value is -2.56. The predicted octanol–water partition coefficient (Wildman–Crippen LogP) is 3.27. The molecule has 0 saturated carbocycles. The maximum atomic E-state index is 12.2. The average molecular weight is 314 g/mol. The molecule has 0 aliphatic heterocycles. The third-order valence-electron chi connectivity index (χ3n) is 3.73. The first-order chi connectivity index (χ1) is 11.0. The zero-order chi connectivity index (χ0) is 16.8. The molecule has 0 bridgehead atoms. The van der Waals surface area contributed by atoms with Gasteiger partial charge in [0, 0.05) is 25.6 Å². The number of anilines is 1. The Balaban J connectivity index is 1.92. The van der Waals surface area contributed by atoms with E-state index in [1.807, 2.05) is 38.1 Å². The highest BCUT2D eigenvalue weighted by Crippen LogP contribution is 2.19. The Labute approximate surface area is 136 Å². The lowest BCUT2D eigenvalue weighted by atomic mass is 10.1. The van der Waals surface area contributed by atoms with Crippen molar-refractivity contribution in [3.63, 3.8) is 0 Å². The molecule has 122 valence electrons. The summed E-state index contributed by atoms with van der Waals surface area (Å²) in [7, 11) is 0. The molecular formula is C18H22N2O3. The predicted molar refractivity (Wildman–Crippen MR) is 89.0 cm³/mol. The molecule has 0 atom stereocenters. The highest BCUT2D eigenvalue weighted by atomic mass is 16.3. The Morgan fingerprint density at radius 3 is 2.39 bits per heavy atom. The normalized spacial score (nSPS) is 10.4. The van der Waals surface area contributed by atoms with E-state index in [4.69, 9.17) is 4.42 Å². The molecule has 0 spiro atoms. The maximum Gasteiger partial charge on any atom is 0.226 e. The number of amides is 2. The van der Waals surface area contributed by atoms with Crippen molar-refractivity contribution in [2.45, 2.75) is 33.7 Å². The van der Waals surface area contributed by atoms with Crippen LogP contribution in [0.2, 0.25) is 0 Å². The molecule has 2 amide bonds. The van der Waals surface area contributed by atoms with E-state index in [-0.39, 0.29) is 18.2 Å². The molecule has 2 rings (SSSR count). The van der Waals surface area contributed by atoms with E-state index in [0.717, 1.165) is 16.8 Å². The van der Waals surface area contributed by atoms with Gasteiger partial charge < -0.3 is 14.6 Å². The number of rotatable bonds is 6. The molecule has 1 aromatic carbocycles. The van der Waals surface area contributed by atoms with Crippen LogP contribution in [-0.4, -0.2) is 23.3 Å². The fraction of sp³-hybridized carbons (Fsp3) is 0.333. The number of nitrogens with zero attached hydrogens (tertiary/aromatic N) is 1. The topological polar surface area (TPSA) is 62.6 Å². The zero-order valence-corrected chi connectivity index (χ0v) is 13.8. The van der Waals surface area contributed by atoms with E-state index in [0.29, 0.717) is 18.8 Å². The molecule has 0 aliphatic carbocycles. The van der Waals surface area contributed by atoms with Crippen LogP contribution in [0.5, 0.6) is 0 Å². The van der Waals surface area contributed by atoms with Crippen LogP contribution in [0.3, 0.4) is 0 Å². The molecule has 5 nitrogen and oxygen atoms in total. The summed E-state index contributed by atoms with van der Waals surface area (Å²) in [6, 6.07) is 9.47. The lowest BCUT2D eigenvalue weighted by molar-refractivity contribution is -0.130. The Bertz CT molecular complexity index is 657. The first kappa shape index (κ1) is 16.8. The summed E-state index contributed by atoms with van der Waals surface area (Å²) in [6.45, 7) is 6.14. The number of hydrogen-bond donors (Lipinski definition) is 1. The van der Waals surface area contributed by atoms with Crippen LogP contribution in [-0.2, 0) is 16.1 Å². The number of benzene rings is 1. The molecule has 0 unspecified atom stereocenters. The number of carbonyl (C=O) groups is 2. The van der Waals surface area contributed by atoms with Crippen LogP contribution >= 0.6 is 0 Å². The van der Waals surface area contributed by atoms with Gasteiger partial charge in [0.05, 0.1) is 12.8 Å². The van der Waals surface area contributed by atoms with Gasteiger partial charge in [-0.15, -0.1) is 0 Å². The van der Waals surface area contributed by atoms with Crippen molar-refractivity contribution in [1.29, 1.82) is 0 Å². The summed E-state index contributed by atoms with van der Waals surface area (Å²) in [5.41, 5.74) is 2.90. The van der Waals surface area contributed by atoms with Crippen molar-refractivity contribution in [3.8, 4) is 0 Å². The van der Waals surface area contributed by atoms with E-state index in [1.54, 1.807) is 17.2 Å². The van der Waals surface area contributed by atoms with Gasteiger partial charge in [-0.1, -0.05) is 18.2 Å². The Morgan fingerprint density at radius 2 is 1.83 bits per heavy atom. The van der Waals surface area contributed by atoms with Crippen LogP contribution < -0.4 is 5.32 Å². The average Bonchev–Trinajstić information content (AvgIpc) is 3.00. The second kappa shape index (κ2) is 7.63. The van der Waals surface area contributed by atoms with E-state index < -0.39 is 0 Å². The molecule has 0 saturated heterocycles. The molecule has 23 heavy (non-hydrogen) atoms. The minimum absolute atomic E-state index is 0.0822. The largest absolute Gasteiger partial charge is 0.467 e. The fourth-order valence-corrected chi connectivity index (χ4v) is 2.39.